The van der Waals surface area contributed by atoms with Gasteiger partial charge in [0.2, 0.25) is 17.5 Å². The molecule has 3 rings (SSSR count). The number of halogens is 9. The summed E-state index contributed by atoms with van der Waals surface area (Å²) in [5, 5.41) is 1.40. The van der Waals surface area contributed by atoms with Gasteiger partial charge in [-0.05, 0) is 12.2 Å². The molecule has 0 spiro atoms. The highest BCUT2D eigenvalue weighted by Gasteiger charge is 2.33. The molecule has 0 aliphatic carbocycles. The van der Waals surface area contributed by atoms with Crippen molar-refractivity contribution >= 4 is 28.9 Å². The molecule has 1 aliphatic rings. The standard InChI is InChI=1S/C19H12F9N3O2S/c1-33-17-14(27)7(20)6(8(21)15(17)28)18(32)29-19(34)31-4-2-30(3-5-31)16-12(25)10(23)9(22)11(24)13(16)26/h2-5H2,1H3,(H,29,32,34). The van der Waals surface area contributed by atoms with E-state index in [9.17, 15) is 44.3 Å². The van der Waals surface area contributed by atoms with E-state index in [1.807, 2.05) is 5.32 Å². The molecule has 2 aromatic rings. The van der Waals surface area contributed by atoms with Gasteiger partial charge < -0.3 is 14.5 Å². The van der Waals surface area contributed by atoms with Crippen molar-refractivity contribution in [2.75, 3.05) is 38.2 Å². The van der Waals surface area contributed by atoms with E-state index in [1.54, 1.807) is 0 Å². The van der Waals surface area contributed by atoms with E-state index < -0.39 is 80.4 Å². The SMILES string of the molecule is COc1c(F)c(F)c(C(=O)NC(=S)N2CCN(c3c(F)c(F)c(F)c(F)c3F)CC2)c(F)c1F. The quantitative estimate of drug-likeness (QED) is 0.291. The summed E-state index contributed by atoms with van der Waals surface area (Å²) in [5.74, 6) is -21.6. The van der Waals surface area contributed by atoms with E-state index >= 15 is 0 Å². The molecule has 2 aromatic carbocycles. The Morgan fingerprint density at radius 1 is 0.735 bits per heavy atom. The molecule has 0 radical (unpaired) electrons. The number of hydrogen-bond acceptors (Lipinski definition) is 4. The number of ether oxygens (including phenoxy) is 1. The smallest absolute Gasteiger partial charge is 0.263 e. The maximum Gasteiger partial charge on any atom is 0.263 e. The number of benzene rings is 2. The fraction of sp³-hybridized carbons (Fsp3) is 0.263. The normalized spacial score (nSPS) is 13.8. The van der Waals surface area contributed by atoms with Crippen molar-refractivity contribution in [2.24, 2.45) is 0 Å². The monoisotopic (exact) mass is 517 g/mol. The van der Waals surface area contributed by atoms with Gasteiger partial charge in [-0.15, -0.1) is 0 Å². The molecule has 0 unspecified atom stereocenters. The van der Waals surface area contributed by atoms with Crippen LogP contribution in [0.1, 0.15) is 10.4 Å². The molecule has 1 saturated heterocycles. The lowest BCUT2D eigenvalue weighted by Crippen LogP contribution is -2.53. The first-order chi connectivity index (χ1) is 15.9. The van der Waals surface area contributed by atoms with Crippen LogP contribution in [0.3, 0.4) is 0 Å². The molecule has 184 valence electrons. The van der Waals surface area contributed by atoms with Gasteiger partial charge in [0.15, 0.2) is 45.8 Å². The Kier molecular flexibility index (Phi) is 7.14. The topological polar surface area (TPSA) is 44.8 Å². The van der Waals surface area contributed by atoms with Gasteiger partial charge in [0, 0.05) is 26.2 Å². The number of nitrogens with zero attached hydrogens (tertiary/aromatic N) is 2. The minimum Gasteiger partial charge on any atom is -0.491 e. The van der Waals surface area contributed by atoms with Crippen LogP contribution in [-0.4, -0.2) is 49.2 Å². The van der Waals surface area contributed by atoms with Crippen LogP contribution in [-0.2, 0) is 0 Å². The Labute approximate surface area is 190 Å². The zero-order valence-corrected chi connectivity index (χ0v) is 17.7. The van der Waals surface area contributed by atoms with Crippen molar-refractivity contribution in [2.45, 2.75) is 0 Å². The van der Waals surface area contributed by atoms with Crippen molar-refractivity contribution in [1.29, 1.82) is 0 Å². The number of carbonyl (C=O) groups is 1. The molecule has 0 saturated carbocycles. The molecular formula is C19H12F9N3O2S. The van der Waals surface area contributed by atoms with Crippen LogP contribution in [0.25, 0.3) is 0 Å². The summed E-state index contributed by atoms with van der Waals surface area (Å²) in [6.07, 6.45) is 0. The van der Waals surface area contributed by atoms with Gasteiger partial charge >= 0.3 is 0 Å². The number of carbonyl (C=O) groups excluding carboxylic acids is 1. The zero-order chi connectivity index (χ0) is 25.5. The third-order valence-electron chi connectivity index (χ3n) is 4.94. The predicted octanol–water partition coefficient (Wildman–Crippen LogP) is 3.78. The summed E-state index contributed by atoms with van der Waals surface area (Å²) in [6.45, 7) is -1.12. The predicted molar refractivity (Wildman–Crippen MR) is 103 cm³/mol. The number of piperazine rings is 1. The Morgan fingerprint density at radius 3 is 1.62 bits per heavy atom. The minimum absolute atomic E-state index is 0.227. The highest BCUT2D eigenvalue weighted by atomic mass is 32.1. The number of rotatable bonds is 3. The van der Waals surface area contributed by atoms with Crippen LogP contribution in [0, 0.1) is 52.4 Å². The molecule has 15 heteroatoms. The highest BCUT2D eigenvalue weighted by molar-refractivity contribution is 7.80. The maximum atomic E-state index is 14.1. The van der Waals surface area contributed by atoms with E-state index in [1.165, 1.54) is 4.90 Å². The van der Waals surface area contributed by atoms with Crippen molar-refractivity contribution in [1.82, 2.24) is 10.2 Å². The Hall–Kier alpha value is -3.23. The molecule has 1 fully saturated rings. The average molecular weight is 517 g/mol. The van der Waals surface area contributed by atoms with E-state index in [-0.39, 0.29) is 26.2 Å². The Morgan fingerprint density at radius 2 is 1.18 bits per heavy atom. The minimum atomic E-state index is -2.31. The van der Waals surface area contributed by atoms with Gasteiger partial charge in [0.1, 0.15) is 11.3 Å². The molecular weight excluding hydrogens is 505 g/mol. The van der Waals surface area contributed by atoms with E-state index in [0.29, 0.717) is 0 Å². The number of nitrogens with one attached hydrogen (secondary N) is 1. The van der Waals surface area contributed by atoms with E-state index in [0.717, 1.165) is 12.0 Å². The lowest BCUT2D eigenvalue weighted by molar-refractivity contribution is 0.0961. The molecule has 5 nitrogen and oxygen atoms in total. The zero-order valence-electron chi connectivity index (χ0n) is 16.8. The van der Waals surface area contributed by atoms with Crippen LogP contribution in [0.4, 0.5) is 45.2 Å². The summed E-state index contributed by atoms with van der Waals surface area (Å²) in [4.78, 5) is 14.2. The number of amides is 1. The van der Waals surface area contributed by atoms with Gasteiger partial charge in [-0.2, -0.15) is 8.78 Å². The second kappa shape index (κ2) is 9.56. The van der Waals surface area contributed by atoms with Crippen LogP contribution < -0.4 is 15.0 Å². The first kappa shape index (κ1) is 25.4. The van der Waals surface area contributed by atoms with Gasteiger partial charge in [-0.3, -0.25) is 10.1 Å². The summed E-state index contributed by atoms with van der Waals surface area (Å²) in [5.41, 5.74) is -2.77. The summed E-state index contributed by atoms with van der Waals surface area (Å²) < 4.78 is 128. The van der Waals surface area contributed by atoms with Crippen LogP contribution >= 0.6 is 12.2 Å². The van der Waals surface area contributed by atoms with Crippen LogP contribution in [0.5, 0.6) is 5.75 Å². The number of methoxy groups -OCH3 is 1. The maximum absolute atomic E-state index is 14.1. The van der Waals surface area contributed by atoms with E-state index in [2.05, 4.69) is 4.74 Å². The van der Waals surface area contributed by atoms with Gasteiger partial charge in [0.25, 0.3) is 5.91 Å². The molecule has 1 amide bonds. The average Bonchev–Trinajstić information content (AvgIpc) is 2.81. The van der Waals surface area contributed by atoms with Crippen molar-refractivity contribution in [3.05, 3.63) is 57.9 Å². The third kappa shape index (κ3) is 4.19. The summed E-state index contributed by atoms with van der Waals surface area (Å²) in [6, 6.07) is 0. The Bertz CT molecular complexity index is 1130. The first-order valence-corrected chi connectivity index (χ1v) is 9.59. The van der Waals surface area contributed by atoms with Gasteiger partial charge in [0.05, 0.1) is 7.11 Å². The molecule has 0 bridgehead atoms. The van der Waals surface area contributed by atoms with Gasteiger partial charge in [-0.25, -0.2) is 30.7 Å². The molecule has 34 heavy (non-hydrogen) atoms. The van der Waals surface area contributed by atoms with Crippen LogP contribution in [0.15, 0.2) is 0 Å². The van der Waals surface area contributed by atoms with Crippen molar-refractivity contribution in [3.63, 3.8) is 0 Å². The second-order valence-electron chi connectivity index (χ2n) is 6.82. The summed E-state index contributed by atoms with van der Waals surface area (Å²) >= 11 is 4.92. The van der Waals surface area contributed by atoms with E-state index in [4.69, 9.17) is 12.2 Å². The fourth-order valence-electron chi connectivity index (χ4n) is 3.23. The Balaban J connectivity index is 1.74. The number of anilines is 1. The first-order valence-electron chi connectivity index (χ1n) is 9.18. The highest BCUT2D eigenvalue weighted by Crippen LogP contribution is 2.31. The molecule has 1 aliphatic heterocycles. The molecule has 0 atom stereocenters. The van der Waals surface area contributed by atoms with Crippen molar-refractivity contribution < 1.29 is 49.0 Å². The largest absolute Gasteiger partial charge is 0.491 e. The number of thiocarbonyl (C=S) groups is 1. The third-order valence-corrected chi connectivity index (χ3v) is 5.30. The lowest BCUT2D eigenvalue weighted by atomic mass is 10.1. The lowest BCUT2D eigenvalue weighted by Gasteiger charge is -2.37. The molecule has 1 N–H and O–H groups in total. The number of hydrogen-bond donors (Lipinski definition) is 1. The van der Waals surface area contributed by atoms with Gasteiger partial charge in [-0.1, -0.05) is 0 Å². The molecule has 1 heterocycles. The summed E-state index contributed by atoms with van der Waals surface area (Å²) in [7, 11) is 0.751. The molecule has 0 aromatic heterocycles. The van der Waals surface area contributed by atoms with Crippen molar-refractivity contribution in [3.8, 4) is 5.75 Å². The second-order valence-corrected chi connectivity index (χ2v) is 7.20. The fourth-order valence-corrected chi connectivity index (χ4v) is 3.51. The van der Waals surface area contributed by atoms with Crippen LogP contribution in [0.2, 0.25) is 0 Å².